The molecule has 3 amide bonds. The molecule has 58 heavy (non-hydrogen) atoms. The monoisotopic (exact) mass is 829 g/mol. The smallest absolute Gasteiger partial charge is 0.309 e. The van der Waals surface area contributed by atoms with Gasteiger partial charge in [-0.1, -0.05) is 66.0 Å². The lowest BCUT2D eigenvalue weighted by Crippen LogP contribution is -2.55. The van der Waals surface area contributed by atoms with Gasteiger partial charge in [-0.3, -0.25) is 33.7 Å². The Hall–Kier alpha value is -4.08. The molecule has 1 aromatic heterocycles. The van der Waals surface area contributed by atoms with Crippen molar-refractivity contribution in [3.8, 4) is 5.75 Å². The number of carboxylic acids is 1. The molecule has 1 aliphatic heterocycles. The highest BCUT2D eigenvalue weighted by molar-refractivity contribution is 7.10. The molecular weight excluding hydrogens is 763 g/mol. The van der Waals surface area contributed by atoms with Crippen LogP contribution in [0.25, 0.3) is 0 Å². The van der Waals surface area contributed by atoms with E-state index in [4.69, 9.17) is 9.57 Å². The maximum absolute atomic E-state index is 14.7. The predicted molar refractivity (Wildman–Crippen MR) is 224 cm³/mol. The van der Waals surface area contributed by atoms with Crippen LogP contribution in [-0.2, 0) is 40.0 Å². The number of carbonyl (C=O) groups is 5. The van der Waals surface area contributed by atoms with Crippen LogP contribution in [0.3, 0.4) is 0 Å². The van der Waals surface area contributed by atoms with E-state index in [2.05, 4.69) is 27.4 Å². The third-order valence-corrected chi connectivity index (χ3v) is 12.0. The number of rotatable bonds is 23. The number of likely N-dealkylation sites (tertiary alicyclic amines) is 1. The first kappa shape index (κ1) is 48.3. The number of esters is 1. The Morgan fingerprint density at radius 2 is 1.74 bits per heavy atom. The molecule has 1 saturated heterocycles. The molecule has 1 aliphatic rings. The first-order chi connectivity index (χ1) is 27.4. The average Bonchev–Trinajstić information content (AvgIpc) is 3.63. The fraction of sp³-hybridized carbons (Fsp3) is 0.674. The molecule has 324 valence electrons. The van der Waals surface area contributed by atoms with Gasteiger partial charge in [0.1, 0.15) is 22.5 Å². The van der Waals surface area contributed by atoms with Gasteiger partial charge in [0.25, 0.3) is 5.91 Å². The molecule has 0 saturated carbocycles. The van der Waals surface area contributed by atoms with Crippen molar-refractivity contribution in [3.05, 3.63) is 40.2 Å². The quantitative estimate of drug-likeness (QED) is 0.0380. The first-order valence-corrected chi connectivity index (χ1v) is 21.7. The van der Waals surface area contributed by atoms with Gasteiger partial charge in [-0.25, -0.2) is 10.0 Å². The van der Waals surface area contributed by atoms with Gasteiger partial charge in [-0.05, 0) is 95.5 Å². The lowest BCUT2D eigenvalue weighted by atomic mass is 9.80. The van der Waals surface area contributed by atoms with Crippen molar-refractivity contribution in [1.29, 1.82) is 0 Å². The Morgan fingerprint density at radius 3 is 2.33 bits per heavy atom. The van der Waals surface area contributed by atoms with E-state index in [0.29, 0.717) is 17.8 Å². The summed E-state index contributed by atoms with van der Waals surface area (Å²) in [6.45, 7) is 15.4. The Kier molecular flexibility index (Phi) is 19.1. The molecule has 3 rings (SSSR count). The van der Waals surface area contributed by atoms with Gasteiger partial charge in [-0.2, -0.15) is 0 Å². The van der Waals surface area contributed by atoms with Gasteiger partial charge in [0, 0.05) is 24.6 Å². The number of aliphatic carboxylic acids is 1. The molecule has 1 fully saturated rings. The van der Waals surface area contributed by atoms with E-state index in [9.17, 15) is 34.2 Å². The molecule has 0 aliphatic carbocycles. The van der Waals surface area contributed by atoms with Crippen LogP contribution in [-0.4, -0.2) is 87.2 Å². The molecule has 0 spiro atoms. The fourth-order valence-corrected chi connectivity index (χ4v) is 7.98. The largest absolute Gasteiger partial charge is 0.508 e. The van der Waals surface area contributed by atoms with E-state index in [1.54, 1.807) is 31.4 Å². The lowest BCUT2D eigenvalue weighted by Gasteiger charge is -2.38. The summed E-state index contributed by atoms with van der Waals surface area (Å²) in [5.41, 5.74) is -0.459. The number of phenolic OH excluding ortho intramolecular Hbond substituents is 1. The molecule has 6 atom stereocenters. The van der Waals surface area contributed by atoms with Gasteiger partial charge in [0.15, 0.2) is 6.10 Å². The number of aromatic hydroxyl groups is 1. The van der Waals surface area contributed by atoms with E-state index in [1.807, 2.05) is 34.7 Å². The van der Waals surface area contributed by atoms with Crippen molar-refractivity contribution >= 4 is 46.8 Å². The van der Waals surface area contributed by atoms with Crippen LogP contribution in [0.4, 0.5) is 5.82 Å². The summed E-state index contributed by atoms with van der Waals surface area (Å²) in [6.07, 6.45) is 5.25. The van der Waals surface area contributed by atoms with Crippen LogP contribution in [0.5, 0.6) is 5.75 Å². The van der Waals surface area contributed by atoms with Crippen molar-refractivity contribution in [2.45, 2.75) is 138 Å². The number of nitrogens with one attached hydrogen (secondary N) is 2. The molecule has 0 bridgehead atoms. The van der Waals surface area contributed by atoms with Gasteiger partial charge in [-0.15, -0.1) is 11.3 Å². The van der Waals surface area contributed by atoms with Gasteiger partial charge in [0.2, 0.25) is 11.8 Å². The van der Waals surface area contributed by atoms with Crippen molar-refractivity contribution in [3.63, 3.8) is 0 Å². The summed E-state index contributed by atoms with van der Waals surface area (Å²) in [5.74, 6) is -4.79. The van der Waals surface area contributed by atoms with E-state index in [0.717, 1.165) is 44.2 Å². The number of hydrogen-bond donors (Lipinski definition) is 4. The van der Waals surface area contributed by atoms with E-state index >= 15 is 0 Å². The molecule has 14 nitrogen and oxygen atoms in total. The third kappa shape index (κ3) is 14.3. The van der Waals surface area contributed by atoms with Gasteiger partial charge < -0.3 is 25.6 Å². The fourth-order valence-electron chi connectivity index (χ4n) is 7.19. The second-order valence-corrected chi connectivity index (χ2v) is 17.6. The summed E-state index contributed by atoms with van der Waals surface area (Å²) >= 11 is 1.18. The zero-order valence-corrected chi connectivity index (χ0v) is 36.7. The standard InChI is InChI=1S/C43H67N5O9S/c1-10-12-15-22-56-48(41(53)37(28(5)11-2)39(52)46-36-16-13-14-21-47(36)9)33(27(3)4)24-34(57-29(6)49)40-45-35(26-58-40)44-38(51)31(25-43(7,8)42(54)55)23-30-17-19-32(50)20-18-30/h17-20,26-28,31,33-34,36-37,50H,10-16,21-25H2,1-9H3,(H,44,51)(H,46,52)(H,54,55)/t28-,31-,33+,34+,36+,37-/m0/s1. The highest BCUT2D eigenvalue weighted by Crippen LogP contribution is 2.35. The van der Waals surface area contributed by atoms with Gasteiger partial charge in [0.05, 0.1) is 24.2 Å². The number of hydrogen-bond acceptors (Lipinski definition) is 11. The molecule has 0 unspecified atom stereocenters. The Bertz CT molecular complexity index is 1650. The lowest BCUT2D eigenvalue weighted by molar-refractivity contribution is -0.215. The number of carboxylic acid groups (broad SMARTS) is 1. The van der Waals surface area contributed by atoms with Crippen LogP contribution in [0.1, 0.15) is 130 Å². The topological polar surface area (TPSA) is 188 Å². The zero-order valence-electron chi connectivity index (χ0n) is 35.9. The maximum atomic E-state index is 14.7. The number of carbonyl (C=O) groups excluding carboxylic acids is 4. The summed E-state index contributed by atoms with van der Waals surface area (Å²) in [5, 5.41) is 29.0. The number of unbranched alkanes of at least 4 members (excludes halogenated alkanes) is 2. The number of ether oxygens (including phenoxy) is 1. The van der Waals surface area contributed by atoms with Crippen molar-refractivity contribution in [1.82, 2.24) is 20.3 Å². The molecular formula is C43H67N5O9S. The number of phenols is 1. The predicted octanol–water partition coefficient (Wildman–Crippen LogP) is 7.34. The van der Waals surface area contributed by atoms with Crippen LogP contribution < -0.4 is 10.6 Å². The first-order valence-electron chi connectivity index (χ1n) is 20.8. The number of nitrogens with zero attached hydrogens (tertiary/aromatic N) is 3. The Balaban J connectivity index is 1.94. The second-order valence-electron chi connectivity index (χ2n) is 16.7. The SMILES string of the molecule is CCCCCON(C(=O)[C@H](C(=O)N[C@H]1CCCCN1C)[C@@H](C)CC)[C@H](C[C@@H](OC(C)=O)c1nc(NC(=O)[C@@H](Cc2ccc(O)cc2)CC(C)(C)C(=O)O)cs1)C(C)C. The number of amides is 3. The number of thiazole rings is 1. The van der Waals surface area contributed by atoms with Crippen molar-refractivity contribution < 1.29 is 43.8 Å². The number of benzene rings is 1. The minimum Gasteiger partial charge on any atom is -0.508 e. The van der Waals surface area contributed by atoms with Crippen LogP contribution in [0, 0.1) is 29.1 Å². The molecule has 1 aromatic carbocycles. The zero-order chi connectivity index (χ0) is 43.2. The normalized spacial score (nSPS) is 17.4. The van der Waals surface area contributed by atoms with Crippen LogP contribution in [0.15, 0.2) is 29.6 Å². The second kappa shape index (κ2) is 22.9. The minimum absolute atomic E-state index is 0.0350. The van der Waals surface area contributed by atoms with Crippen molar-refractivity contribution in [2.75, 3.05) is 25.5 Å². The maximum Gasteiger partial charge on any atom is 0.309 e. The van der Waals surface area contributed by atoms with E-state index in [-0.39, 0.29) is 61.3 Å². The van der Waals surface area contributed by atoms with Crippen LogP contribution >= 0.6 is 11.3 Å². The van der Waals surface area contributed by atoms with Crippen molar-refractivity contribution in [2.24, 2.45) is 29.1 Å². The Morgan fingerprint density at radius 1 is 1.05 bits per heavy atom. The third-order valence-electron chi connectivity index (χ3n) is 11.0. The summed E-state index contributed by atoms with van der Waals surface area (Å²) < 4.78 is 5.86. The average molecular weight is 830 g/mol. The highest BCUT2D eigenvalue weighted by Gasteiger charge is 2.42. The number of anilines is 1. The molecule has 15 heteroatoms. The van der Waals surface area contributed by atoms with E-state index < -0.39 is 53.1 Å². The Labute approximate surface area is 348 Å². The molecule has 2 heterocycles. The number of aromatic nitrogens is 1. The van der Waals surface area contributed by atoms with Gasteiger partial charge >= 0.3 is 11.9 Å². The van der Waals surface area contributed by atoms with Crippen LogP contribution in [0.2, 0.25) is 0 Å². The summed E-state index contributed by atoms with van der Waals surface area (Å²) in [7, 11) is 1.98. The molecule has 4 N–H and O–H groups in total. The highest BCUT2D eigenvalue weighted by atomic mass is 32.1. The number of hydroxylamine groups is 2. The summed E-state index contributed by atoms with van der Waals surface area (Å²) in [4.78, 5) is 80.3. The van der Waals surface area contributed by atoms with E-state index in [1.165, 1.54) is 35.5 Å². The number of piperidine rings is 1. The summed E-state index contributed by atoms with van der Waals surface area (Å²) in [6, 6.07) is 5.77. The minimum atomic E-state index is -1.21. The molecule has 0 radical (unpaired) electrons. The molecule has 2 aromatic rings.